The number of carboxylic acid groups (broad SMARTS) is 1. The Balaban J connectivity index is 1.13. The number of alkyl carbamates (subject to hydrolysis) is 1. The summed E-state index contributed by atoms with van der Waals surface area (Å²) in [5, 5.41) is 14.4. The number of hydrogen-bond donors (Lipinski definition) is 5. The molecule has 0 saturated carbocycles. The summed E-state index contributed by atoms with van der Waals surface area (Å²) in [7, 11) is 1.29. The summed E-state index contributed by atoms with van der Waals surface area (Å²) >= 11 is 0. The van der Waals surface area contributed by atoms with Gasteiger partial charge in [0.1, 0.15) is 23.7 Å². The van der Waals surface area contributed by atoms with Gasteiger partial charge in [0.05, 0.1) is 36.8 Å². The first kappa shape index (κ1) is 38.1. The Morgan fingerprint density at radius 2 is 1.26 bits per heavy atom. The molecule has 14 heteroatoms. The molecule has 4 heterocycles. The summed E-state index contributed by atoms with van der Waals surface area (Å²) in [5.41, 5.74) is 6.57. The van der Waals surface area contributed by atoms with Crippen LogP contribution in [-0.2, 0) is 14.3 Å². The number of carbonyl (C=O) groups excluding carboxylic acids is 3. The number of nitrogens with one attached hydrogen (secondary N) is 4. The van der Waals surface area contributed by atoms with Crippen molar-refractivity contribution in [3.05, 3.63) is 72.1 Å². The number of rotatable bonds is 11. The van der Waals surface area contributed by atoms with Crippen LogP contribution in [0.25, 0.3) is 33.6 Å². The Morgan fingerprint density at radius 3 is 1.78 bits per heavy atom. The summed E-state index contributed by atoms with van der Waals surface area (Å²) in [5.74, 6) is 0.751. The number of ether oxygens (including phenoxy) is 1. The lowest BCUT2D eigenvalue weighted by molar-refractivity contribution is -0.136. The molecule has 14 nitrogen and oxygen atoms in total. The van der Waals surface area contributed by atoms with Gasteiger partial charge in [0.25, 0.3) is 0 Å². The third-order valence-electron chi connectivity index (χ3n) is 10.5. The normalized spacial score (nSPS) is 18.2. The van der Waals surface area contributed by atoms with Crippen LogP contribution < -0.4 is 10.6 Å². The lowest BCUT2D eigenvalue weighted by Gasteiger charge is -2.30. The Kier molecular flexibility index (Phi) is 11.4. The highest BCUT2D eigenvalue weighted by Gasteiger charge is 2.39. The highest BCUT2D eigenvalue weighted by molar-refractivity contribution is 5.87. The van der Waals surface area contributed by atoms with Crippen LogP contribution in [0.2, 0.25) is 0 Å². The maximum absolute atomic E-state index is 13.5. The molecule has 5 N–H and O–H groups in total. The van der Waals surface area contributed by atoms with Gasteiger partial charge >= 0.3 is 12.2 Å². The van der Waals surface area contributed by atoms with Crippen molar-refractivity contribution in [3.8, 4) is 33.6 Å². The van der Waals surface area contributed by atoms with Crippen molar-refractivity contribution < 1.29 is 29.0 Å². The molecule has 2 fully saturated rings. The van der Waals surface area contributed by atoms with Gasteiger partial charge in [0, 0.05) is 24.3 Å². The summed E-state index contributed by atoms with van der Waals surface area (Å²) in [4.78, 5) is 70.3. The molecule has 4 amide bonds. The van der Waals surface area contributed by atoms with Gasteiger partial charge in [-0.2, -0.15) is 0 Å². The van der Waals surface area contributed by atoms with Gasteiger partial charge in [0.15, 0.2) is 0 Å². The van der Waals surface area contributed by atoms with Crippen LogP contribution in [0.3, 0.4) is 0 Å². The number of imidazole rings is 2. The maximum atomic E-state index is 13.5. The molecule has 286 valence electrons. The van der Waals surface area contributed by atoms with Crippen molar-refractivity contribution in [1.29, 1.82) is 0 Å². The van der Waals surface area contributed by atoms with Crippen molar-refractivity contribution in [2.24, 2.45) is 11.8 Å². The van der Waals surface area contributed by atoms with Crippen molar-refractivity contribution in [2.75, 3.05) is 20.2 Å². The van der Waals surface area contributed by atoms with Gasteiger partial charge in [-0.3, -0.25) is 9.59 Å². The van der Waals surface area contributed by atoms with Crippen LogP contribution >= 0.6 is 0 Å². The van der Waals surface area contributed by atoms with E-state index >= 15 is 0 Å². The third-order valence-corrected chi connectivity index (χ3v) is 10.5. The van der Waals surface area contributed by atoms with Gasteiger partial charge in [-0.05, 0) is 61.1 Å². The molecule has 1 unspecified atom stereocenters. The molecule has 54 heavy (non-hydrogen) atoms. The average Bonchev–Trinajstić information content (AvgIpc) is 3.99. The molecule has 0 aliphatic carbocycles. The van der Waals surface area contributed by atoms with E-state index in [1.807, 2.05) is 58.9 Å². The molecule has 2 aromatic heterocycles. The van der Waals surface area contributed by atoms with Crippen LogP contribution in [-0.4, -0.2) is 91.1 Å². The number of aromatic nitrogens is 4. The minimum Gasteiger partial charge on any atom is -0.465 e. The molecule has 2 aliphatic heterocycles. The standard InChI is InChI=1S/C40H50N8O6/c1-22(2)32(45-39(51)52)37(49)48-20-8-10-31(48)36-42-24(5)34(44-36)28-17-13-26(14-18-28)25-11-15-27(16-12-25)29-21-41-35(43-29)30-9-7-19-47(30)38(50)33(23(3)4)46-40(53)54-6/h11-18,21-23,30-33,45H,7-10,19-20H2,1-6H3,(H,41,43)(H,42,44)(H,46,53)(H,51,52)/t30?,31-,32-,33-/m0/s1. The van der Waals surface area contributed by atoms with Crippen LogP contribution in [0.4, 0.5) is 9.59 Å². The topological polar surface area (TPSA) is 186 Å². The lowest BCUT2D eigenvalue weighted by Crippen LogP contribution is -2.51. The van der Waals surface area contributed by atoms with Crippen molar-refractivity contribution in [3.63, 3.8) is 0 Å². The molecular formula is C40H50N8O6. The number of aromatic amines is 2. The minimum absolute atomic E-state index is 0.108. The number of amides is 4. The number of nitrogens with zero attached hydrogens (tertiary/aromatic N) is 4. The number of methoxy groups -OCH3 is 1. The molecular weight excluding hydrogens is 688 g/mol. The molecule has 2 saturated heterocycles. The smallest absolute Gasteiger partial charge is 0.407 e. The fourth-order valence-electron chi connectivity index (χ4n) is 7.57. The van der Waals surface area contributed by atoms with E-state index in [4.69, 9.17) is 9.72 Å². The largest absolute Gasteiger partial charge is 0.465 e. The SMILES string of the molecule is COC(=O)N[C@H](C(=O)N1CCCC1c1ncc(-c2ccc(-c3ccc(-c4nc([C@@H]5CCCN5C(=O)[C@@H](NC(=O)O)C(C)C)[nH]c4C)cc3)cc2)[nH]1)C(C)C. The summed E-state index contributed by atoms with van der Waals surface area (Å²) < 4.78 is 4.75. The fraction of sp³-hybridized carbons (Fsp3) is 0.450. The number of carbonyl (C=O) groups is 4. The van der Waals surface area contributed by atoms with Crippen molar-refractivity contribution >= 4 is 24.0 Å². The Bertz CT molecular complexity index is 1970. The van der Waals surface area contributed by atoms with E-state index in [1.54, 1.807) is 16.0 Å². The van der Waals surface area contributed by atoms with Crippen LogP contribution in [0.5, 0.6) is 0 Å². The summed E-state index contributed by atoms with van der Waals surface area (Å²) in [6.07, 6.45) is 3.14. The van der Waals surface area contributed by atoms with E-state index < -0.39 is 24.3 Å². The molecule has 0 spiro atoms. The number of benzene rings is 2. The zero-order valence-corrected chi connectivity index (χ0v) is 31.7. The van der Waals surface area contributed by atoms with E-state index in [-0.39, 0.29) is 35.7 Å². The van der Waals surface area contributed by atoms with E-state index in [0.29, 0.717) is 18.9 Å². The molecule has 2 aliphatic rings. The summed E-state index contributed by atoms with van der Waals surface area (Å²) in [6, 6.07) is 14.5. The predicted octanol–water partition coefficient (Wildman–Crippen LogP) is 6.44. The second kappa shape index (κ2) is 16.1. The van der Waals surface area contributed by atoms with Gasteiger partial charge in [0.2, 0.25) is 11.8 Å². The number of hydrogen-bond acceptors (Lipinski definition) is 7. The molecule has 4 atom stereocenters. The Morgan fingerprint density at radius 1 is 0.759 bits per heavy atom. The number of aryl methyl sites for hydroxylation is 1. The van der Waals surface area contributed by atoms with Gasteiger partial charge in [-0.1, -0.05) is 76.2 Å². The highest BCUT2D eigenvalue weighted by atomic mass is 16.5. The zero-order chi connectivity index (χ0) is 38.7. The van der Waals surface area contributed by atoms with Gasteiger partial charge < -0.3 is 40.2 Å². The molecule has 2 aromatic carbocycles. The molecule has 4 aromatic rings. The lowest BCUT2D eigenvalue weighted by atomic mass is 10.0. The zero-order valence-electron chi connectivity index (χ0n) is 31.7. The summed E-state index contributed by atoms with van der Waals surface area (Å²) in [6.45, 7) is 10.6. The van der Waals surface area contributed by atoms with E-state index in [9.17, 15) is 24.3 Å². The fourth-order valence-corrected chi connectivity index (χ4v) is 7.57. The molecule has 0 bridgehead atoms. The predicted molar refractivity (Wildman–Crippen MR) is 203 cm³/mol. The van der Waals surface area contributed by atoms with E-state index in [0.717, 1.165) is 70.8 Å². The van der Waals surface area contributed by atoms with Gasteiger partial charge in [-0.15, -0.1) is 0 Å². The third kappa shape index (κ3) is 7.97. The first-order valence-electron chi connectivity index (χ1n) is 18.6. The Labute approximate surface area is 315 Å². The van der Waals surface area contributed by atoms with Crippen LogP contribution in [0.15, 0.2) is 54.7 Å². The van der Waals surface area contributed by atoms with Crippen molar-refractivity contribution in [2.45, 2.75) is 84.5 Å². The van der Waals surface area contributed by atoms with Crippen molar-refractivity contribution in [1.82, 2.24) is 40.4 Å². The van der Waals surface area contributed by atoms with E-state index in [1.165, 1.54) is 7.11 Å². The first-order chi connectivity index (χ1) is 25.9. The number of likely N-dealkylation sites (tertiary alicyclic amines) is 2. The second-order valence-corrected chi connectivity index (χ2v) is 14.8. The Hall–Kier alpha value is -5.66. The maximum Gasteiger partial charge on any atom is 0.407 e. The van der Waals surface area contributed by atoms with Gasteiger partial charge in [-0.25, -0.2) is 19.6 Å². The highest BCUT2D eigenvalue weighted by Crippen LogP contribution is 2.36. The first-order valence-corrected chi connectivity index (χ1v) is 18.6. The minimum atomic E-state index is -1.21. The second-order valence-electron chi connectivity index (χ2n) is 14.8. The van der Waals surface area contributed by atoms with Crippen LogP contribution in [0.1, 0.15) is 82.8 Å². The van der Waals surface area contributed by atoms with Crippen LogP contribution in [0, 0.1) is 18.8 Å². The monoisotopic (exact) mass is 738 g/mol. The quantitative estimate of drug-likeness (QED) is 0.116. The number of H-pyrrole nitrogens is 2. The average molecular weight is 739 g/mol. The molecule has 6 rings (SSSR count). The molecule has 0 radical (unpaired) electrons. The van der Waals surface area contributed by atoms with E-state index in [2.05, 4.69) is 49.9 Å².